The molecular formula is C57H38N4. The lowest BCUT2D eigenvalue weighted by Crippen LogP contribution is -2.11. The highest BCUT2D eigenvalue weighted by atomic mass is 15.1. The van der Waals surface area contributed by atoms with Crippen molar-refractivity contribution in [2.24, 2.45) is 0 Å². The van der Waals surface area contributed by atoms with Crippen LogP contribution in [-0.2, 0) is 0 Å². The molecular weight excluding hydrogens is 741 g/mol. The van der Waals surface area contributed by atoms with Gasteiger partial charge in [-0.2, -0.15) is 0 Å². The Morgan fingerprint density at radius 1 is 0.311 bits per heavy atom. The Balaban J connectivity index is 1.16. The minimum absolute atomic E-state index is 0.890. The van der Waals surface area contributed by atoms with Crippen molar-refractivity contribution in [3.8, 4) is 0 Å². The van der Waals surface area contributed by atoms with E-state index in [1.165, 1.54) is 43.1 Å². The number of benzene rings is 11. The third-order valence-electron chi connectivity index (χ3n) is 12.2. The summed E-state index contributed by atoms with van der Waals surface area (Å²) in [5.74, 6) is 0. The predicted octanol–water partition coefficient (Wildman–Crippen LogP) is 15.8. The Kier molecular flexibility index (Phi) is 8.04. The van der Waals surface area contributed by atoms with Gasteiger partial charge >= 0.3 is 0 Å². The summed E-state index contributed by atoms with van der Waals surface area (Å²) >= 11 is 0. The zero-order valence-electron chi connectivity index (χ0n) is 33.5. The van der Waals surface area contributed by atoms with Crippen LogP contribution >= 0.6 is 0 Å². The molecule has 0 saturated heterocycles. The zero-order valence-corrected chi connectivity index (χ0v) is 33.5. The molecule has 1 aromatic heterocycles. The van der Waals surface area contributed by atoms with Crippen LogP contribution in [0.2, 0.25) is 0 Å². The van der Waals surface area contributed by atoms with Gasteiger partial charge in [0.05, 0.1) is 28.1 Å². The lowest BCUT2D eigenvalue weighted by atomic mass is 9.96. The summed E-state index contributed by atoms with van der Waals surface area (Å²) in [5.41, 5.74) is 9.24. The van der Waals surface area contributed by atoms with E-state index in [-0.39, 0.29) is 0 Å². The molecule has 0 fully saturated rings. The van der Waals surface area contributed by atoms with Crippen molar-refractivity contribution < 1.29 is 0 Å². The number of aromatic nitrogens is 2. The van der Waals surface area contributed by atoms with Crippen LogP contribution in [0.15, 0.2) is 212 Å². The van der Waals surface area contributed by atoms with Gasteiger partial charge in [-0.1, -0.05) is 146 Å². The molecule has 4 nitrogen and oxygen atoms in total. The maximum atomic E-state index is 5.15. The minimum Gasteiger partial charge on any atom is -0.310 e. The van der Waals surface area contributed by atoms with Gasteiger partial charge in [0.2, 0.25) is 0 Å². The van der Waals surface area contributed by atoms with Gasteiger partial charge in [0, 0.05) is 50.5 Å². The largest absolute Gasteiger partial charge is 0.310 e. The Labute approximate surface area is 353 Å². The van der Waals surface area contributed by atoms with Crippen LogP contribution in [0.1, 0.15) is 5.69 Å². The molecule has 0 spiro atoms. The Morgan fingerprint density at radius 3 is 1.21 bits per heavy atom. The van der Waals surface area contributed by atoms with Gasteiger partial charge in [-0.05, 0) is 111 Å². The second-order valence-electron chi connectivity index (χ2n) is 15.8. The molecule has 12 aromatic rings. The maximum Gasteiger partial charge on any atom is 0.0974 e. The second kappa shape index (κ2) is 14.0. The first-order chi connectivity index (χ1) is 30.2. The van der Waals surface area contributed by atoms with E-state index in [4.69, 9.17) is 9.97 Å². The van der Waals surface area contributed by atoms with Gasteiger partial charge in [0.1, 0.15) is 0 Å². The third-order valence-corrected chi connectivity index (χ3v) is 12.2. The number of anilines is 6. The molecule has 0 unspecified atom stereocenters. The summed E-state index contributed by atoms with van der Waals surface area (Å²) in [6, 6.07) is 74.7. The lowest BCUT2D eigenvalue weighted by Gasteiger charge is -2.29. The number of hydrogen-bond donors (Lipinski definition) is 0. The molecule has 0 amide bonds. The molecule has 1 heterocycles. The fraction of sp³-hybridized carbons (Fsp3) is 0.0175. The molecule has 0 bridgehead atoms. The number of aryl methyl sites for hydroxylation is 1. The van der Waals surface area contributed by atoms with Gasteiger partial charge in [0.15, 0.2) is 0 Å². The Bertz CT molecular complexity index is 3680. The van der Waals surface area contributed by atoms with Crippen molar-refractivity contribution in [1.82, 2.24) is 9.97 Å². The first-order valence-corrected chi connectivity index (χ1v) is 20.8. The molecule has 0 aliphatic heterocycles. The molecule has 0 N–H and O–H groups in total. The highest BCUT2D eigenvalue weighted by Gasteiger charge is 2.22. The average molecular weight is 779 g/mol. The van der Waals surface area contributed by atoms with Crippen LogP contribution in [0.3, 0.4) is 0 Å². The van der Waals surface area contributed by atoms with E-state index in [0.717, 1.165) is 72.4 Å². The summed E-state index contributed by atoms with van der Waals surface area (Å²) in [6.07, 6.45) is 1.88. The first-order valence-electron chi connectivity index (χ1n) is 20.8. The normalized spacial score (nSPS) is 11.7. The highest BCUT2D eigenvalue weighted by molar-refractivity contribution is 6.25. The molecule has 61 heavy (non-hydrogen) atoms. The highest BCUT2D eigenvalue weighted by Crippen LogP contribution is 2.47. The van der Waals surface area contributed by atoms with Gasteiger partial charge in [-0.3, -0.25) is 4.98 Å². The number of fused-ring (bicyclic) bond motifs is 12. The molecule has 0 radical (unpaired) electrons. The van der Waals surface area contributed by atoms with Crippen LogP contribution < -0.4 is 9.80 Å². The molecule has 0 aliphatic rings. The van der Waals surface area contributed by atoms with Crippen LogP contribution in [0.25, 0.3) is 75.7 Å². The summed E-state index contributed by atoms with van der Waals surface area (Å²) in [7, 11) is 0. The topological polar surface area (TPSA) is 32.3 Å². The van der Waals surface area contributed by atoms with E-state index >= 15 is 0 Å². The standard InChI is InChI=1S/C57H38N4/c1-37-36-58-56-50-30-28-42(60(40-18-4-2-5-19-40)54-32-38-16-8-10-22-44(38)46-24-12-14-26-48(46)54)34-52(50)53-35-43(29-31-51(53)57(56)59-37)61(41-20-6-3-7-21-41)55-33-39-17-9-11-23-45(39)47-25-13-15-27-49(47)55/h2-36H,1H3. The monoisotopic (exact) mass is 778 g/mol. The smallest absolute Gasteiger partial charge is 0.0974 e. The SMILES string of the molecule is Cc1cnc2c3ccc(N(c4ccccc4)c4cc5ccccc5c5ccccc45)cc3c3cc(N(c4ccccc4)c4cc5ccccc5c5ccccc45)ccc3c2n1. The number of para-hydroxylation sites is 2. The van der Waals surface area contributed by atoms with Crippen molar-refractivity contribution in [2.75, 3.05) is 9.80 Å². The van der Waals surface area contributed by atoms with E-state index in [0.29, 0.717) is 0 Å². The third kappa shape index (κ3) is 5.68. The molecule has 286 valence electrons. The van der Waals surface area contributed by atoms with E-state index in [2.05, 4.69) is 216 Å². The van der Waals surface area contributed by atoms with E-state index in [1.807, 2.05) is 13.1 Å². The predicted molar refractivity (Wildman–Crippen MR) is 259 cm³/mol. The minimum atomic E-state index is 0.890. The van der Waals surface area contributed by atoms with Crippen molar-refractivity contribution in [3.63, 3.8) is 0 Å². The number of nitrogens with zero attached hydrogens (tertiary/aromatic N) is 4. The molecule has 0 aliphatic carbocycles. The van der Waals surface area contributed by atoms with Crippen LogP contribution in [0.4, 0.5) is 34.1 Å². The summed E-state index contributed by atoms with van der Waals surface area (Å²) in [5, 5.41) is 14.1. The quantitative estimate of drug-likeness (QED) is 0.157. The molecule has 0 atom stereocenters. The Morgan fingerprint density at radius 2 is 0.721 bits per heavy atom. The summed E-state index contributed by atoms with van der Waals surface area (Å²) in [4.78, 5) is 15.0. The lowest BCUT2D eigenvalue weighted by molar-refractivity contribution is 1.19. The average Bonchev–Trinajstić information content (AvgIpc) is 3.32. The van der Waals surface area contributed by atoms with Crippen molar-refractivity contribution in [3.05, 3.63) is 218 Å². The van der Waals surface area contributed by atoms with E-state index in [9.17, 15) is 0 Å². The fourth-order valence-electron chi connectivity index (χ4n) is 9.51. The van der Waals surface area contributed by atoms with Crippen molar-refractivity contribution >= 4 is 110 Å². The van der Waals surface area contributed by atoms with E-state index in [1.54, 1.807) is 0 Å². The van der Waals surface area contributed by atoms with Crippen LogP contribution in [0.5, 0.6) is 0 Å². The Hall–Kier alpha value is -8.08. The van der Waals surface area contributed by atoms with Crippen LogP contribution in [0, 0.1) is 6.92 Å². The van der Waals surface area contributed by atoms with Gasteiger partial charge in [-0.25, -0.2) is 4.98 Å². The maximum absolute atomic E-state index is 5.15. The number of hydrogen-bond acceptors (Lipinski definition) is 4. The summed E-state index contributed by atoms with van der Waals surface area (Å²) in [6.45, 7) is 2.02. The van der Waals surface area contributed by atoms with Crippen molar-refractivity contribution in [2.45, 2.75) is 6.92 Å². The molecule has 0 saturated carbocycles. The molecule has 4 heteroatoms. The summed E-state index contributed by atoms with van der Waals surface area (Å²) < 4.78 is 0. The van der Waals surface area contributed by atoms with Gasteiger partial charge < -0.3 is 9.80 Å². The van der Waals surface area contributed by atoms with Gasteiger partial charge in [0.25, 0.3) is 0 Å². The molecule has 12 rings (SSSR count). The first kappa shape index (κ1) is 34.9. The van der Waals surface area contributed by atoms with E-state index < -0.39 is 0 Å². The van der Waals surface area contributed by atoms with Gasteiger partial charge in [-0.15, -0.1) is 0 Å². The number of rotatable bonds is 6. The zero-order chi connectivity index (χ0) is 40.4. The second-order valence-corrected chi connectivity index (χ2v) is 15.8. The molecule has 11 aromatic carbocycles. The van der Waals surface area contributed by atoms with Crippen molar-refractivity contribution in [1.29, 1.82) is 0 Å². The van der Waals surface area contributed by atoms with Crippen LogP contribution in [-0.4, -0.2) is 9.97 Å². The fourth-order valence-corrected chi connectivity index (χ4v) is 9.51.